The first-order valence-corrected chi connectivity index (χ1v) is 8.02. The monoisotopic (exact) mass is 255 g/mol. The average Bonchev–Trinajstić information content (AvgIpc) is 2.35. The van der Waals surface area contributed by atoms with E-state index in [1.165, 1.54) is 44.9 Å². The maximum atomic E-state index is 6.27. The topological polar surface area (TPSA) is 21.3 Å². The van der Waals surface area contributed by atoms with Crippen LogP contribution in [-0.4, -0.2) is 24.8 Å². The lowest BCUT2D eigenvalue weighted by Crippen LogP contribution is -2.54. The van der Waals surface area contributed by atoms with Gasteiger partial charge in [0, 0.05) is 12.6 Å². The number of hydrogen-bond acceptors (Lipinski definition) is 2. The van der Waals surface area contributed by atoms with E-state index in [1.807, 2.05) is 0 Å². The fraction of sp³-hybridized carbons (Fsp3) is 1.00. The van der Waals surface area contributed by atoms with Crippen LogP contribution in [0.5, 0.6) is 0 Å². The largest absolute Gasteiger partial charge is 0.374 e. The molecule has 1 saturated carbocycles. The van der Waals surface area contributed by atoms with Gasteiger partial charge in [0.2, 0.25) is 0 Å². The van der Waals surface area contributed by atoms with Crippen molar-refractivity contribution in [1.29, 1.82) is 0 Å². The third-order valence-corrected chi connectivity index (χ3v) is 4.11. The van der Waals surface area contributed by atoms with Gasteiger partial charge in [-0.15, -0.1) is 0 Å². The van der Waals surface area contributed by atoms with Crippen molar-refractivity contribution >= 4 is 0 Å². The van der Waals surface area contributed by atoms with E-state index in [9.17, 15) is 0 Å². The summed E-state index contributed by atoms with van der Waals surface area (Å²) >= 11 is 0. The molecular weight excluding hydrogens is 222 g/mol. The first kappa shape index (κ1) is 16.0. The second kappa shape index (κ2) is 8.16. The molecular formula is C16H33NO. The molecule has 1 aliphatic rings. The predicted molar refractivity (Wildman–Crippen MR) is 79.0 cm³/mol. The van der Waals surface area contributed by atoms with Gasteiger partial charge in [-0.3, -0.25) is 0 Å². The second-order valence-corrected chi connectivity index (χ2v) is 6.19. The minimum absolute atomic E-state index is 0.118. The molecule has 0 radical (unpaired) electrons. The Labute approximate surface area is 114 Å². The molecule has 1 atom stereocenters. The molecule has 0 aromatic heterocycles. The van der Waals surface area contributed by atoms with Gasteiger partial charge in [-0.05, 0) is 45.1 Å². The molecule has 2 heteroatoms. The van der Waals surface area contributed by atoms with Gasteiger partial charge in [0.1, 0.15) is 0 Å². The Bertz CT molecular complexity index is 204. The van der Waals surface area contributed by atoms with Crippen LogP contribution in [0.25, 0.3) is 0 Å². The van der Waals surface area contributed by atoms with Gasteiger partial charge in [-0.1, -0.05) is 40.0 Å². The molecule has 1 fully saturated rings. The van der Waals surface area contributed by atoms with Crippen molar-refractivity contribution < 1.29 is 4.74 Å². The van der Waals surface area contributed by atoms with Crippen LogP contribution >= 0.6 is 0 Å². The van der Waals surface area contributed by atoms with Gasteiger partial charge < -0.3 is 10.1 Å². The molecule has 0 spiro atoms. The van der Waals surface area contributed by atoms with E-state index >= 15 is 0 Å². The first-order valence-electron chi connectivity index (χ1n) is 8.02. The lowest BCUT2D eigenvalue weighted by atomic mass is 9.76. The minimum Gasteiger partial charge on any atom is -0.374 e. The maximum absolute atomic E-state index is 6.27. The Morgan fingerprint density at radius 1 is 1.11 bits per heavy atom. The van der Waals surface area contributed by atoms with Crippen molar-refractivity contribution in [1.82, 2.24) is 5.32 Å². The lowest BCUT2D eigenvalue weighted by molar-refractivity contribution is -0.0935. The van der Waals surface area contributed by atoms with Gasteiger partial charge >= 0.3 is 0 Å². The smallest absolute Gasteiger partial charge is 0.0834 e. The summed E-state index contributed by atoms with van der Waals surface area (Å²) in [6, 6.07) is 0.540. The quantitative estimate of drug-likeness (QED) is 0.704. The third-order valence-electron chi connectivity index (χ3n) is 4.11. The number of nitrogens with one attached hydrogen (secondary N) is 1. The molecule has 1 rings (SSSR count). The highest BCUT2D eigenvalue weighted by atomic mass is 16.5. The van der Waals surface area contributed by atoms with Crippen LogP contribution < -0.4 is 5.32 Å². The van der Waals surface area contributed by atoms with Crippen molar-refractivity contribution in [3.63, 3.8) is 0 Å². The highest BCUT2D eigenvalue weighted by Crippen LogP contribution is 2.36. The molecule has 1 unspecified atom stereocenters. The highest BCUT2D eigenvalue weighted by molar-refractivity contribution is 4.96. The molecule has 0 aliphatic heterocycles. The minimum atomic E-state index is 0.118. The van der Waals surface area contributed by atoms with E-state index in [-0.39, 0.29) is 5.60 Å². The highest BCUT2D eigenvalue weighted by Gasteiger charge is 2.40. The summed E-state index contributed by atoms with van der Waals surface area (Å²) in [7, 11) is 0. The first-order chi connectivity index (χ1) is 8.64. The van der Waals surface area contributed by atoms with Gasteiger partial charge in [-0.25, -0.2) is 0 Å². The van der Waals surface area contributed by atoms with E-state index in [2.05, 4.69) is 33.0 Å². The summed E-state index contributed by atoms with van der Waals surface area (Å²) in [5.74, 6) is 0.735. The van der Waals surface area contributed by atoms with Crippen molar-refractivity contribution in [2.45, 2.75) is 84.3 Å². The number of ether oxygens (including phenoxy) is 1. The summed E-state index contributed by atoms with van der Waals surface area (Å²) in [4.78, 5) is 0. The molecule has 0 aromatic carbocycles. The fourth-order valence-corrected chi connectivity index (χ4v) is 3.31. The summed E-state index contributed by atoms with van der Waals surface area (Å²) in [6.07, 6.45) is 8.99. The van der Waals surface area contributed by atoms with Crippen LogP contribution in [0, 0.1) is 5.92 Å². The molecule has 18 heavy (non-hydrogen) atoms. The molecule has 0 amide bonds. The molecule has 0 aromatic rings. The van der Waals surface area contributed by atoms with Crippen LogP contribution in [0.15, 0.2) is 0 Å². The molecule has 2 nitrogen and oxygen atoms in total. The maximum Gasteiger partial charge on any atom is 0.0834 e. The molecule has 0 heterocycles. The average molecular weight is 255 g/mol. The summed E-state index contributed by atoms with van der Waals surface area (Å²) in [5.41, 5.74) is 0.118. The zero-order valence-corrected chi connectivity index (χ0v) is 12.9. The predicted octanol–water partition coefficient (Wildman–Crippen LogP) is 4.14. The van der Waals surface area contributed by atoms with Crippen LogP contribution in [0.2, 0.25) is 0 Å². The fourth-order valence-electron chi connectivity index (χ4n) is 3.31. The van der Waals surface area contributed by atoms with Crippen LogP contribution in [0.1, 0.15) is 72.6 Å². The van der Waals surface area contributed by atoms with E-state index in [4.69, 9.17) is 4.74 Å². The number of hydrogen-bond donors (Lipinski definition) is 1. The van der Waals surface area contributed by atoms with Crippen molar-refractivity contribution in [2.24, 2.45) is 5.92 Å². The van der Waals surface area contributed by atoms with Crippen molar-refractivity contribution in [3.05, 3.63) is 0 Å². The third kappa shape index (κ3) is 4.55. The van der Waals surface area contributed by atoms with Crippen LogP contribution in [0.3, 0.4) is 0 Å². The summed E-state index contributed by atoms with van der Waals surface area (Å²) in [5, 5.41) is 3.77. The van der Waals surface area contributed by atoms with E-state index in [0.29, 0.717) is 6.04 Å². The number of rotatable bonds is 8. The zero-order chi connectivity index (χ0) is 13.4. The molecule has 1 N–H and O–H groups in total. The van der Waals surface area contributed by atoms with Gasteiger partial charge in [0.15, 0.2) is 0 Å². The van der Waals surface area contributed by atoms with Crippen LogP contribution in [0.4, 0.5) is 0 Å². The van der Waals surface area contributed by atoms with Gasteiger partial charge in [-0.2, -0.15) is 0 Å². The SMILES string of the molecule is CCCNC(CC(C)C)C1(OCC)CCCCC1. The van der Waals surface area contributed by atoms with Crippen LogP contribution in [-0.2, 0) is 4.74 Å². The van der Waals surface area contributed by atoms with E-state index in [1.54, 1.807) is 0 Å². The Morgan fingerprint density at radius 3 is 2.28 bits per heavy atom. The molecule has 1 aliphatic carbocycles. The molecule has 0 saturated heterocycles. The Hall–Kier alpha value is -0.0800. The summed E-state index contributed by atoms with van der Waals surface area (Å²) in [6.45, 7) is 11.0. The standard InChI is InChI=1S/C16H33NO/c1-5-12-17-15(13-14(3)4)16(18-6-2)10-8-7-9-11-16/h14-15,17H,5-13H2,1-4H3. The molecule has 0 bridgehead atoms. The van der Waals surface area contributed by atoms with Gasteiger partial charge in [0.05, 0.1) is 5.60 Å². The second-order valence-electron chi connectivity index (χ2n) is 6.19. The van der Waals surface area contributed by atoms with E-state index < -0.39 is 0 Å². The molecule has 108 valence electrons. The van der Waals surface area contributed by atoms with E-state index in [0.717, 1.165) is 19.1 Å². The van der Waals surface area contributed by atoms with Crippen molar-refractivity contribution in [3.8, 4) is 0 Å². The Balaban J connectivity index is 2.73. The lowest BCUT2D eigenvalue weighted by Gasteiger charge is -2.44. The zero-order valence-electron chi connectivity index (χ0n) is 12.9. The normalized spacial score (nSPS) is 21.2. The summed E-state index contributed by atoms with van der Waals surface area (Å²) < 4.78 is 6.27. The van der Waals surface area contributed by atoms with Crippen molar-refractivity contribution in [2.75, 3.05) is 13.2 Å². The Morgan fingerprint density at radius 2 is 1.78 bits per heavy atom. The van der Waals surface area contributed by atoms with Gasteiger partial charge in [0.25, 0.3) is 0 Å². The Kier molecular flexibility index (Phi) is 7.25.